The molecular formula is C23H19FN2O2S. The van der Waals surface area contributed by atoms with Crippen LogP contribution in [0.5, 0.6) is 0 Å². The van der Waals surface area contributed by atoms with E-state index in [2.05, 4.69) is 5.32 Å². The fraction of sp³-hybridized carbons (Fsp3) is 0.217. The van der Waals surface area contributed by atoms with Gasteiger partial charge in [-0.25, -0.2) is 4.39 Å². The minimum Gasteiger partial charge on any atom is -0.324 e. The van der Waals surface area contributed by atoms with E-state index in [0.717, 1.165) is 16.8 Å². The summed E-state index contributed by atoms with van der Waals surface area (Å²) in [6.07, 6.45) is 0. The highest BCUT2D eigenvalue weighted by Gasteiger charge is 2.64. The molecule has 2 aliphatic rings. The molecule has 3 heterocycles. The van der Waals surface area contributed by atoms with E-state index in [-0.39, 0.29) is 23.4 Å². The van der Waals surface area contributed by atoms with Crippen LogP contribution < -0.4 is 5.32 Å². The van der Waals surface area contributed by atoms with E-state index in [0.29, 0.717) is 11.4 Å². The van der Waals surface area contributed by atoms with Gasteiger partial charge in [0.05, 0.1) is 10.8 Å². The first kappa shape index (κ1) is 18.2. The number of anilines is 1. The summed E-state index contributed by atoms with van der Waals surface area (Å²) in [5, 5.41) is 4.85. The summed E-state index contributed by atoms with van der Waals surface area (Å²) in [6.45, 7) is 0.523. The summed E-state index contributed by atoms with van der Waals surface area (Å²) < 4.78 is 13.5. The van der Waals surface area contributed by atoms with Crippen molar-refractivity contribution in [2.24, 2.45) is 5.92 Å². The van der Waals surface area contributed by atoms with Crippen LogP contribution >= 0.6 is 11.3 Å². The van der Waals surface area contributed by atoms with Crippen molar-refractivity contribution in [3.05, 3.63) is 87.9 Å². The second kappa shape index (κ2) is 6.61. The lowest BCUT2D eigenvalue weighted by molar-refractivity contribution is -0.126. The Morgan fingerprint density at radius 1 is 1.14 bits per heavy atom. The number of benzene rings is 2. The molecule has 29 heavy (non-hydrogen) atoms. The molecule has 0 saturated carbocycles. The second-order valence-electron chi connectivity index (χ2n) is 7.62. The van der Waals surface area contributed by atoms with Crippen molar-refractivity contribution in [2.45, 2.75) is 11.5 Å². The normalized spacial score (nSPS) is 25.9. The van der Waals surface area contributed by atoms with E-state index in [9.17, 15) is 14.0 Å². The van der Waals surface area contributed by atoms with Gasteiger partial charge >= 0.3 is 0 Å². The molecule has 1 amide bonds. The molecule has 0 radical (unpaired) electrons. The fourth-order valence-electron chi connectivity index (χ4n) is 4.98. The summed E-state index contributed by atoms with van der Waals surface area (Å²) in [6, 6.07) is 17.5. The highest BCUT2D eigenvalue weighted by Crippen LogP contribution is 2.55. The monoisotopic (exact) mass is 406 g/mol. The number of nitrogens with zero attached hydrogens (tertiary/aromatic N) is 1. The predicted molar refractivity (Wildman–Crippen MR) is 111 cm³/mol. The first-order valence-corrected chi connectivity index (χ1v) is 10.4. The van der Waals surface area contributed by atoms with Crippen LogP contribution in [-0.2, 0) is 10.3 Å². The zero-order valence-electron chi connectivity index (χ0n) is 15.8. The Bertz CT molecular complexity index is 1100. The van der Waals surface area contributed by atoms with Crippen LogP contribution in [0.15, 0.2) is 66.0 Å². The number of nitrogens with one attached hydrogen (secondary N) is 1. The summed E-state index contributed by atoms with van der Waals surface area (Å²) in [5.41, 5.74) is 1.35. The van der Waals surface area contributed by atoms with Gasteiger partial charge in [0.2, 0.25) is 5.91 Å². The van der Waals surface area contributed by atoms with E-state index >= 15 is 0 Å². The molecule has 3 atom stereocenters. The number of rotatable bonds is 3. The van der Waals surface area contributed by atoms with Gasteiger partial charge < -0.3 is 5.32 Å². The number of hydrogen-bond donors (Lipinski definition) is 1. The Morgan fingerprint density at radius 3 is 2.62 bits per heavy atom. The topological polar surface area (TPSA) is 49.4 Å². The lowest BCUT2D eigenvalue weighted by Crippen LogP contribution is -2.51. The maximum Gasteiger partial charge on any atom is 0.250 e. The Labute approximate surface area is 172 Å². The van der Waals surface area contributed by atoms with Crippen molar-refractivity contribution in [2.75, 3.05) is 18.9 Å². The van der Waals surface area contributed by atoms with Gasteiger partial charge in [-0.3, -0.25) is 14.5 Å². The molecule has 0 unspecified atom stereocenters. The average molecular weight is 406 g/mol. The molecule has 4 nitrogen and oxygen atoms in total. The number of likely N-dealkylation sites (tertiary alicyclic amines) is 1. The minimum absolute atomic E-state index is 0.0504. The van der Waals surface area contributed by atoms with E-state index in [4.69, 9.17) is 0 Å². The summed E-state index contributed by atoms with van der Waals surface area (Å²) in [7, 11) is 1.89. The average Bonchev–Trinajstić information content (AvgIpc) is 3.42. The molecule has 5 rings (SSSR count). The van der Waals surface area contributed by atoms with Crippen molar-refractivity contribution in [3.63, 3.8) is 0 Å². The molecular weight excluding hydrogens is 387 g/mol. The third kappa shape index (κ3) is 2.52. The molecule has 2 aromatic carbocycles. The van der Waals surface area contributed by atoms with E-state index in [1.54, 1.807) is 18.2 Å². The van der Waals surface area contributed by atoms with Crippen molar-refractivity contribution >= 4 is 28.7 Å². The molecule has 1 N–H and O–H groups in total. The summed E-state index contributed by atoms with van der Waals surface area (Å²) >= 11 is 1.38. The maximum atomic E-state index is 13.8. The smallest absolute Gasteiger partial charge is 0.250 e. The maximum absolute atomic E-state index is 13.8. The van der Waals surface area contributed by atoms with Crippen LogP contribution in [0.25, 0.3) is 0 Å². The third-order valence-corrected chi connectivity index (χ3v) is 7.09. The number of carbonyl (C=O) groups excluding carboxylic acids is 2. The number of thiophene rings is 1. The lowest BCUT2D eigenvalue weighted by Gasteiger charge is -2.35. The number of carbonyl (C=O) groups is 2. The quantitative estimate of drug-likeness (QED) is 0.661. The zero-order chi connectivity index (χ0) is 20.2. The molecule has 1 aromatic heterocycles. The molecule has 3 aromatic rings. The Kier molecular flexibility index (Phi) is 4.15. The largest absolute Gasteiger partial charge is 0.324 e. The van der Waals surface area contributed by atoms with Gasteiger partial charge in [0, 0.05) is 23.7 Å². The number of amides is 1. The molecule has 2 aliphatic heterocycles. The number of halogens is 1. The SMILES string of the molecule is CN1C[C@H](c2ccc(F)cc2)[C@@H](C(=O)c2cccs2)[C@@]12C(=O)Nc1ccccc12. The van der Waals surface area contributed by atoms with Crippen molar-refractivity contribution in [3.8, 4) is 0 Å². The second-order valence-corrected chi connectivity index (χ2v) is 8.57. The van der Waals surface area contributed by atoms with Crippen molar-refractivity contribution < 1.29 is 14.0 Å². The van der Waals surface area contributed by atoms with Gasteiger partial charge in [0.15, 0.2) is 5.78 Å². The third-order valence-electron chi connectivity index (χ3n) is 6.20. The predicted octanol–water partition coefficient (Wildman–Crippen LogP) is 4.26. The summed E-state index contributed by atoms with van der Waals surface area (Å²) in [4.78, 5) is 29.8. The highest BCUT2D eigenvalue weighted by molar-refractivity contribution is 7.12. The number of fused-ring (bicyclic) bond motifs is 2. The molecule has 1 spiro atoms. The van der Waals surface area contributed by atoms with Gasteiger partial charge in [-0.1, -0.05) is 36.4 Å². The van der Waals surface area contributed by atoms with Crippen LogP contribution in [0, 0.1) is 11.7 Å². The van der Waals surface area contributed by atoms with Crippen LogP contribution in [0.4, 0.5) is 10.1 Å². The fourth-order valence-corrected chi connectivity index (χ4v) is 5.68. The van der Waals surface area contributed by atoms with Gasteiger partial charge in [0.25, 0.3) is 0 Å². The van der Waals surface area contributed by atoms with Crippen LogP contribution in [0.3, 0.4) is 0 Å². The van der Waals surface area contributed by atoms with E-state index in [1.807, 2.05) is 47.7 Å². The number of likely N-dealkylation sites (N-methyl/N-ethyl adjacent to an activating group) is 1. The van der Waals surface area contributed by atoms with Gasteiger partial charge in [-0.15, -0.1) is 11.3 Å². The highest BCUT2D eigenvalue weighted by atomic mass is 32.1. The number of ketones is 1. The van der Waals surface area contributed by atoms with Gasteiger partial charge in [0.1, 0.15) is 11.4 Å². The first-order chi connectivity index (χ1) is 14.0. The molecule has 6 heteroatoms. The lowest BCUT2D eigenvalue weighted by atomic mass is 9.71. The Balaban J connectivity index is 1.73. The Hall–Kier alpha value is -2.83. The van der Waals surface area contributed by atoms with Crippen LogP contribution in [-0.4, -0.2) is 30.2 Å². The minimum atomic E-state index is -1.09. The van der Waals surface area contributed by atoms with Gasteiger partial charge in [-0.2, -0.15) is 0 Å². The standard InChI is InChI=1S/C23H19FN2O2S/c1-26-13-16(14-8-10-15(24)11-9-14)20(21(27)19-7-4-12-29-19)23(26)17-5-2-3-6-18(17)25-22(23)28/h2-12,16,20H,13H2,1H3,(H,25,28)/t16-,20+,23+/m1/s1. The van der Waals surface area contributed by atoms with Crippen LogP contribution in [0.1, 0.15) is 26.7 Å². The van der Waals surface area contributed by atoms with Crippen LogP contribution in [0.2, 0.25) is 0 Å². The Morgan fingerprint density at radius 2 is 1.90 bits per heavy atom. The molecule has 0 aliphatic carbocycles. The van der Waals surface area contributed by atoms with Crippen molar-refractivity contribution in [1.29, 1.82) is 0 Å². The first-order valence-electron chi connectivity index (χ1n) is 9.49. The number of para-hydroxylation sites is 1. The van der Waals surface area contributed by atoms with Gasteiger partial charge in [-0.05, 0) is 42.3 Å². The molecule has 0 bridgehead atoms. The molecule has 1 fully saturated rings. The van der Waals surface area contributed by atoms with Crippen molar-refractivity contribution in [1.82, 2.24) is 4.90 Å². The van der Waals surface area contributed by atoms with E-state index in [1.165, 1.54) is 23.5 Å². The van der Waals surface area contributed by atoms with E-state index < -0.39 is 11.5 Å². The zero-order valence-corrected chi connectivity index (χ0v) is 16.6. The summed E-state index contributed by atoms with van der Waals surface area (Å²) in [5.74, 6) is -1.39. The molecule has 1 saturated heterocycles. The number of hydrogen-bond acceptors (Lipinski definition) is 4. The molecule has 146 valence electrons. The number of Topliss-reactive ketones (excluding diaryl/α,β-unsaturated/α-hetero) is 1.